The van der Waals surface area contributed by atoms with E-state index in [1.165, 1.54) is 13.2 Å². The maximum atomic E-state index is 14.6. The van der Waals surface area contributed by atoms with Crippen LogP contribution in [-0.2, 0) is 17.6 Å². The third kappa shape index (κ3) is 5.46. The van der Waals surface area contributed by atoms with Gasteiger partial charge in [-0.05, 0) is 38.8 Å². The molecule has 204 valence electrons. The lowest BCUT2D eigenvalue weighted by Crippen LogP contribution is -2.49. The molecule has 1 saturated heterocycles. The summed E-state index contributed by atoms with van der Waals surface area (Å²) in [7, 11) is 1.41. The Hall–Kier alpha value is -2.88. The second-order valence-corrected chi connectivity index (χ2v) is 10.4. The Morgan fingerprint density at radius 1 is 1.05 bits per heavy atom. The summed E-state index contributed by atoms with van der Waals surface area (Å²) in [5, 5.41) is 5.02. The maximum Gasteiger partial charge on any atom is 0.250 e. The number of halogens is 1. The zero-order valence-corrected chi connectivity index (χ0v) is 23.0. The molecule has 3 aromatic rings. The minimum absolute atomic E-state index is 0.0227. The van der Waals surface area contributed by atoms with E-state index in [4.69, 9.17) is 19.6 Å². The summed E-state index contributed by atoms with van der Waals surface area (Å²) in [4.78, 5) is 14.1. The Bertz CT molecular complexity index is 1240. The van der Waals surface area contributed by atoms with Crippen molar-refractivity contribution in [1.82, 2.24) is 29.5 Å². The SMILES string of the molecule is CCCC(c1cc(-c2nn(-c3cnc(OC)c(F)c3)c3c2CCOCC3)ccn1)N1CCN(C(C)C)CC1. The second-order valence-electron chi connectivity index (χ2n) is 10.4. The molecule has 1 fully saturated rings. The normalized spacial score (nSPS) is 17.8. The van der Waals surface area contributed by atoms with E-state index >= 15 is 0 Å². The van der Waals surface area contributed by atoms with Crippen molar-refractivity contribution in [3.8, 4) is 22.8 Å². The Morgan fingerprint density at radius 3 is 2.53 bits per heavy atom. The van der Waals surface area contributed by atoms with Crippen molar-refractivity contribution in [3.05, 3.63) is 53.4 Å². The average Bonchev–Trinajstić information content (AvgIpc) is 3.12. The number of nitrogens with zero attached hydrogens (tertiary/aromatic N) is 6. The van der Waals surface area contributed by atoms with Crippen molar-refractivity contribution < 1.29 is 13.9 Å². The van der Waals surface area contributed by atoms with E-state index in [0.717, 1.165) is 73.7 Å². The molecule has 2 aliphatic heterocycles. The highest BCUT2D eigenvalue weighted by Gasteiger charge is 2.28. The number of fused-ring (bicyclic) bond motifs is 1. The van der Waals surface area contributed by atoms with Crippen LogP contribution < -0.4 is 4.74 Å². The zero-order chi connectivity index (χ0) is 26.6. The molecule has 0 aromatic carbocycles. The quantitative estimate of drug-likeness (QED) is 0.433. The van der Waals surface area contributed by atoms with Gasteiger partial charge in [-0.25, -0.2) is 14.1 Å². The van der Waals surface area contributed by atoms with E-state index in [2.05, 4.69) is 41.6 Å². The van der Waals surface area contributed by atoms with Crippen LogP contribution in [0, 0.1) is 5.82 Å². The van der Waals surface area contributed by atoms with Gasteiger partial charge in [-0.15, -0.1) is 0 Å². The van der Waals surface area contributed by atoms with Crippen molar-refractivity contribution >= 4 is 0 Å². The van der Waals surface area contributed by atoms with E-state index in [9.17, 15) is 4.39 Å². The molecule has 0 bridgehead atoms. The first kappa shape index (κ1) is 26.7. The number of methoxy groups -OCH3 is 1. The number of hydrogen-bond donors (Lipinski definition) is 0. The van der Waals surface area contributed by atoms with Gasteiger partial charge in [0.05, 0.1) is 55.3 Å². The molecular weight excluding hydrogens is 483 g/mol. The Morgan fingerprint density at radius 2 is 1.82 bits per heavy atom. The second kappa shape index (κ2) is 11.9. The van der Waals surface area contributed by atoms with Crippen LogP contribution in [-0.4, -0.2) is 82.1 Å². The average molecular weight is 523 g/mol. The Balaban J connectivity index is 1.51. The summed E-state index contributed by atoms with van der Waals surface area (Å²) in [5.74, 6) is -0.530. The third-order valence-corrected chi connectivity index (χ3v) is 7.78. The summed E-state index contributed by atoms with van der Waals surface area (Å²) in [6, 6.07) is 6.53. The molecule has 8 nitrogen and oxygen atoms in total. The number of ether oxygens (including phenoxy) is 2. The summed E-state index contributed by atoms with van der Waals surface area (Å²) < 4.78 is 27.2. The fraction of sp³-hybridized carbons (Fsp3) is 0.552. The molecule has 1 atom stereocenters. The van der Waals surface area contributed by atoms with Gasteiger partial charge in [0.15, 0.2) is 5.82 Å². The number of aromatic nitrogens is 4. The highest BCUT2D eigenvalue weighted by atomic mass is 19.1. The van der Waals surface area contributed by atoms with E-state index in [1.807, 2.05) is 16.9 Å². The topological polar surface area (TPSA) is 68.5 Å². The zero-order valence-electron chi connectivity index (χ0n) is 23.0. The molecule has 5 rings (SSSR count). The van der Waals surface area contributed by atoms with Gasteiger partial charge in [-0.3, -0.25) is 14.8 Å². The monoisotopic (exact) mass is 522 g/mol. The van der Waals surface area contributed by atoms with E-state index < -0.39 is 5.82 Å². The van der Waals surface area contributed by atoms with Crippen LogP contribution >= 0.6 is 0 Å². The molecule has 3 aromatic heterocycles. The van der Waals surface area contributed by atoms with Crippen molar-refractivity contribution in [2.45, 2.75) is 58.5 Å². The fourth-order valence-electron chi connectivity index (χ4n) is 5.71. The summed E-state index contributed by atoms with van der Waals surface area (Å²) >= 11 is 0. The van der Waals surface area contributed by atoms with Crippen molar-refractivity contribution in [2.24, 2.45) is 0 Å². The van der Waals surface area contributed by atoms with Gasteiger partial charge in [0.25, 0.3) is 0 Å². The van der Waals surface area contributed by atoms with Crippen LogP contribution in [0.4, 0.5) is 4.39 Å². The number of hydrogen-bond acceptors (Lipinski definition) is 7. The van der Waals surface area contributed by atoms with Gasteiger partial charge < -0.3 is 9.47 Å². The Kier molecular flexibility index (Phi) is 8.35. The molecular formula is C29H39FN6O2. The van der Waals surface area contributed by atoms with Crippen LogP contribution in [0.1, 0.15) is 56.6 Å². The molecule has 5 heterocycles. The first-order valence-electron chi connectivity index (χ1n) is 13.8. The molecule has 0 radical (unpaired) electrons. The fourth-order valence-corrected chi connectivity index (χ4v) is 5.71. The molecule has 0 aliphatic carbocycles. The van der Waals surface area contributed by atoms with Crippen LogP contribution in [0.3, 0.4) is 0 Å². The van der Waals surface area contributed by atoms with Crippen LogP contribution in [0.2, 0.25) is 0 Å². The van der Waals surface area contributed by atoms with Crippen molar-refractivity contribution in [1.29, 1.82) is 0 Å². The number of pyridine rings is 2. The molecule has 38 heavy (non-hydrogen) atoms. The largest absolute Gasteiger partial charge is 0.479 e. The lowest BCUT2D eigenvalue weighted by atomic mass is 9.99. The predicted molar refractivity (Wildman–Crippen MR) is 145 cm³/mol. The minimum Gasteiger partial charge on any atom is -0.479 e. The molecule has 0 amide bonds. The molecule has 1 unspecified atom stereocenters. The summed E-state index contributed by atoms with van der Waals surface area (Å²) in [5.41, 5.74) is 5.80. The summed E-state index contributed by atoms with van der Waals surface area (Å²) in [6.45, 7) is 12.3. The molecule has 0 N–H and O–H groups in total. The lowest BCUT2D eigenvalue weighted by molar-refractivity contribution is 0.0730. The maximum absolute atomic E-state index is 14.6. The van der Waals surface area contributed by atoms with Gasteiger partial charge in [0.2, 0.25) is 5.88 Å². The lowest BCUT2D eigenvalue weighted by Gasteiger charge is -2.40. The first-order valence-corrected chi connectivity index (χ1v) is 13.8. The smallest absolute Gasteiger partial charge is 0.250 e. The van der Waals surface area contributed by atoms with Gasteiger partial charge in [-0.1, -0.05) is 13.3 Å². The van der Waals surface area contributed by atoms with Gasteiger partial charge in [0.1, 0.15) is 0 Å². The van der Waals surface area contributed by atoms with E-state index in [0.29, 0.717) is 31.4 Å². The molecule has 2 aliphatic rings. The molecule has 0 saturated carbocycles. The number of rotatable bonds is 8. The predicted octanol–water partition coefficient (Wildman–Crippen LogP) is 4.46. The van der Waals surface area contributed by atoms with Gasteiger partial charge in [0, 0.05) is 62.0 Å². The first-order chi connectivity index (χ1) is 18.5. The van der Waals surface area contributed by atoms with Crippen molar-refractivity contribution in [2.75, 3.05) is 46.5 Å². The van der Waals surface area contributed by atoms with Gasteiger partial charge in [-0.2, -0.15) is 5.10 Å². The highest BCUT2D eigenvalue weighted by Crippen LogP contribution is 2.33. The van der Waals surface area contributed by atoms with E-state index in [-0.39, 0.29) is 11.9 Å². The van der Waals surface area contributed by atoms with Gasteiger partial charge >= 0.3 is 0 Å². The minimum atomic E-state index is -0.508. The molecule has 0 spiro atoms. The Labute approximate surface area is 224 Å². The van der Waals surface area contributed by atoms with Crippen LogP contribution in [0.5, 0.6) is 5.88 Å². The summed E-state index contributed by atoms with van der Waals surface area (Å²) in [6.07, 6.45) is 7.13. The van der Waals surface area contributed by atoms with Crippen LogP contribution in [0.15, 0.2) is 30.6 Å². The standard InChI is InChI=1S/C29H39FN6O2/c1-5-6-27(35-13-11-34(12-14-35)20(2)3)25-17-21(7-10-31-25)28-23-8-15-38-16-9-26(23)36(33-28)22-18-24(30)29(37-4)32-19-22/h7,10,17-20,27H,5-6,8-9,11-16H2,1-4H3. The number of piperazine rings is 1. The van der Waals surface area contributed by atoms with Crippen molar-refractivity contribution in [3.63, 3.8) is 0 Å². The highest BCUT2D eigenvalue weighted by molar-refractivity contribution is 5.65. The third-order valence-electron chi connectivity index (χ3n) is 7.78. The van der Waals surface area contributed by atoms with E-state index in [1.54, 1.807) is 6.20 Å². The molecule has 9 heteroatoms. The van der Waals surface area contributed by atoms with Crippen LogP contribution in [0.25, 0.3) is 16.9 Å².